The van der Waals surface area contributed by atoms with Crippen molar-refractivity contribution in [1.29, 1.82) is 5.26 Å². The minimum Gasteiger partial charge on any atom is -0.341 e. The van der Waals surface area contributed by atoms with Crippen molar-refractivity contribution in [2.45, 2.75) is 51.9 Å². The van der Waals surface area contributed by atoms with Gasteiger partial charge in [-0.05, 0) is 55.4 Å². The molecule has 0 saturated carbocycles. The van der Waals surface area contributed by atoms with Crippen LogP contribution in [0, 0.1) is 34.8 Å². The van der Waals surface area contributed by atoms with E-state index < -0.39 is 17.0 Å². The first-order chi connectivity index (χ1) is 16.7. The Hall–Kier alpha value is -2.92. The molecule has 1 aromatic heterocycles. The van der Waals surface area contributed by atoms with Gasteiger partial charge in [-0.2, -0.15) is 15.5 Å². The first-order valence-corrected chi connectivity index (χ1v) is 12.4. The SMILES string of the molecule is CCN(C[C@@]1(C(C)C)CC[C@H](C)c2cc(-c3c(F)cccc3F)nnc21)C(=O)CN1CC(C#N)C1. The Balaban J connectivity index is 1.66. The molecular weight excluding hydrogens is 448 g/mol. The second-order valence-electron chi connectivity index (χ2n) is 10.3. The lowest BCUT2D eigenvalue weighted by Crippen LogP contribution is -2.54. The van der Waals surface area contributed by atoms with Gasteiger partial charge in [-0.25, -0.2) is 8.78 Å². The van der Waals surface area contributed by atoms with Crippen LogP contribution in [0.3, 0.4) is 0 Å². The van der Waals surface area contributed by atoms with Crippen molar-refractivity contribution in [2.24, 2.45) is 11.8 Å². The number of likely N-dealkylation sites (N-methyl/N-ethyl adjacent to an activating group) is 1. The Labute approximate surface area is 205 Å². The van der Waals surface area contributed by atoms with E-state index in [0.717, 1.165) is 24.1 Å². The normalized spacial score (nSPS) is 22.4. The Morgan fingerprint density at radius 3 is 2.57 bits per heavy atom. The zero-order chi connectivity index (χ0) is 25.3. The summed E-state index contributed by atoms with van der Waals surface area (Å²) in [5.74, 6) is -0.934. The van der Waals surface area contributed by atoms with Crippen molar-refractivity contribution >= 4 is 5.91 Å². The third kappa shape index (κ3) is 4.66. The average Bonchev–Trinajstić information content (AvgIpc) is 2.80. The van der Waals surface area contributed by atoms with E-state index >= 15 is 0 Å². The summed E-state index contributed by atoms with van der Waals surface area (Å²) in [6.45, 7) is 11.0. The standard InChI is InChI=1S/C27H33F2N5O/c1-5-34(24(35)15-33-13-19(12-30)14-33)16-27(17(2)3)10-9-18(4)20-11-23(31-32-26(20)27)25-21(28)7-6-8-22(25)29/h6-8,11,17-19H,5,9-10,13-16H2,1-4H3/t18-,27+/m0/s1. The number of rotatable bonds is 7. The summed E-state index contributed by atoms with van der Waals surface area (Å²) in [6.07, 6.45) is 1.74. The van der Waals surface area contributed by atoms with Crippen LogP contribution >= 0.6 is 0 Å². The fraction of sp³-hybridized carbons (Fsp3) is 0.556. The topological polar surface area (TPSA) is 73.1 Å². The van der Waals surface area contributed by atoms with Crippen LogP contribution in [0.5, 0.6) is 0 Å². The number of carbonyl (C=O) groups excluding carboxylic acids is 1. The van der Waals surface area contributed by atoms with Crippen LogP contribution in [-0.2, 0) is 10.2 Å². The van der Waals surface area contributed by atoms with Crippen molar-refractivity contribution in [2.75, 3.05) is 32.7 Å². The largest absolute Gasteiger partial charge is 0.341 e. The maximum atomic E-state index is 14.5. The number of aromatic nitrogens is 2. The number of carbonyl (C=O) groups is 1. The second-order valence-corrected chi connectivity index (χ2v) is 10.3. The fourth-order valence-corrected chi connectivity index (χ4v) is 5.47. The summed E-state index contributed by atoms with van der Waals surface area (Å²) in [5, 5.41) is 17.9. The second kappa shape index (κ2) is 9.98. The number of fused-ring (bicyclic) bond motifs is 1. The smallest absolute Gasteiger partial charge is 0.236 e. The molecule has 4 rings (SSSR count). The molecule has 0 N–H and O–H groups in total. The first-order valence-electron chi connectivity index (χ1n) is 12.4. The highest BCUT2D eigenvalue weighted by Crippen LogP contribution is 2.47. The van der Waals surface area contributed by atoms with Crippen molar-refractivity contribution in [3.8, 4) is 17.3 Å². The number of hydrogen-bond acceptors (Lipinski definition) is 5. The van der Waals surface area contributed by atoms with Crippen LogP contribution in [0.15, 0.2) is 24.3 Å². The Bertz CT molecular complexity index is 1120. The zero-order valence-corrected chi connectivity index (χ0v) is 20.9. The minimum atomic E-state index is -0.662. The lowest BCUT2D eigenvalue weighted by molar-refractivity contribution is -0.135. The molecule has 1 amide bonds. The summed E-state index contributed by atoms with van der Waals surface area (Å²) in [5.41, 5.74) is 1.40. The summed E-state index contributed by atoms with van der Waals surface area (Å²) < 4.78 is 28.9. The molecule has 0 unspecified atom stereocenters. The van der Waals surface area contributed by atoms with Gasteiger partial charge in [0.15, 0.2) is 0 Å². The molecule has 0 radical (unpaired) electrons. The predicted molar refractivity (Wildman–Crippen MR) is 129 cm³/mol. The molecule has 6 nitrogen and oxygen atoms in total. The molecule has 1 aliphatic carbocycles. The monoisotopic (exact) mass is 481 g/mol. The van der Waals surface area contributed by atoms with Crippen molar-refractivity contribution in [1.82, 2.24) is 20.0 Å². The highest BCUT2D eigenvalue weighted by molar-refractivity contribution is 5.78. The summed E-state index contributed by atoms with van der Waals surface area (Å²) in [7, 11) is 0. The van der Waals surface area contributed by atoms with Crippen LogP contribution < -0.4 is 0 Å². The van der Waals surface area contributed by atoms with E-state index in [1.807, 2.05) is 16.7 Å². The van der Waals surface area contributed by atoms with Crippen molar-refractivity contribution in [3.05, 3.63) is 47.2 Å². The number of hydrogen-bond donors (Lipinski definition) is 0. The minimum absolute atomic E-state index is 0.00958. The molecule has 0 bridgehead atoms. The van der Waals surface area contributed by atoms with Crippen LogP contribution in [0.2, 0.25) is 0 Å². The molecule has 1 saturated heterocycles. The molecule has 8 heteroatoms. The Morgan fingerprint density at radius 1 is 1.29 bits per heavy atom. The maximum Gasteiger partial charge on any atom is 0.236 e. The molecule has 186 valence electrons. The highest BCUT2D eigenvalue weighted by Gasteiger charge is 2.45. The van der Waals surface area contributed by atoms with Gasteiger partial charge in [-0.15, -0.1) is 0 Å². The average molecular weight is 482 g/mol. The third-order valence-corrected chi connectivity index (χ3v) is 7.88. The van der Waals surface area contributed by atoms with Crippen LogP contribution in [0.1, 0.15) is 57.7 Å². The van der Waals surface area contributed by atoms with E-state index in [1.165, 1.54) is 18.2 Å². The summed E-state index contributed by atoms with van der Waals surface area (Å²) in [4.78, 5) is 17.1. The van der Waals surface area contributed by atoms with E-state index in [1.54, 1.807) is 6.07 Å². The van der Waals surface area contributed by atoms with E-state index in [0.29, 0.717) is 32.7 Å². The predicted octanol–water partition coefficient (Wildman–Crippen LogP) is 4.52. The van der Waals surface area contributed by atoms with Gasteiger partial charge < -0.3 is 4.90 Å². The van der Waals surface area contributed by atoms with E-state index in [2.05, 4.69) is 37.0 Å². The van der Waals surface area contributed by atoms with Crippen LogP contribution in [-0.4, -0.2) is 58.6 Å². The third-order valence-electron chi connectivity index (χ3n) is 7.88. The molecule has 0 spiro atoms. The fourth-order valence-electron chi connectivity index (χ4n) is 5.47. The molecule has 2 heterocycles. The van der Waals surface area contributed by atoms with E-state index in [9.17, 15) is 13.6 Å². The van der Waals surface area contributed by atoms with Gasteiger partial charge >= 0.3 is 0 Å². The zero-order valence-electron chi connectivity index (χ0n) is 20.9. The van der Waals surface area contributed by atoms with Gasteiger partial charge in [0.1, 0.15) is 11.6 Å². The summed E-state index contributed by atoms with van der Waals surface area (Å²) >= 11 is 0. The number of nitriles is 1. The maximum absolute atomic E-state index is 14.5. The molecule has 1 fully saturated rings. The quantitative estimate of drug-likeness (QED) is 0.582. The number of benzene rings is 1. The van der Waals surface area contributed by atoms with Crippen LogP contribution in [0.25, 0.3) is 11.3 Å². The van der Waals surface area contributed by atoms with Crippen molar-refractivity contribution < 1.29 is 13.6 Å². The van der Waals surface area contributed by atoms with E-state index in [4.69, 9.17) is 5.26 Å². The van der Waals surface area contributed by atoms with Gasteiger partial charge in [0.2, 0.25) is 5.91 Å². The van der Waals surface area contributed by atoms with Gasteiger partial charge in [-0.3, -0.25) is 9.69 Å². The van der Waals surface area contributed by atoms with Gasteiger partial charge in [0.25, 0.3) is 0 Å². The lowest BCUT2D eigenvalue weighted by Gasteiger charge is -2.46. The molecule has 1 aromatic carbocycles. The first kappa shape index (κ1) is 25.2. The Kier molecular flexibility index (Phi) is 7.18. The molecule has 2 aromatic rings. The molecule has 1 aliphatic heterocycles. The number of likely N-dealkylation sites (tertiary alicyclic amines) is 1. The van der Waals surface area contributed by atoms with Gasteiger partial charge in [-0.1, -0.05) is 26.8 Å². The van der Waals surface area contributed by atoms with Gasteiger partial charge in [0.05, 0.1) is 35.5 Å². The lowest BCUT2D eigenvalue weighted by atomic mass is 9.63. The number of nitrogens with zero attached hydrogens (tertiary/aromatic N) is 5. The van der Waals surface area contributed by atoms with E-state index in [-0.39, 0.29) is 34.9 Å². The van der Waals surface area contributed by atoms with Crippen molar-refractivity contribution in [3.63, 3.8) is 0 Å². The summed E-state index contributed by atoms with van der Waals surface area (Å²) in [6, 6.07) is 7.81. The van der Waals surface area contributed by atoms with Gasteiger partial charge in [0, 0.05) is 31.6 Å². The number of amides is 1. The molecular formula is C27H33F2N5O. The molecule has 35 heavy (non-hydrogen) atoms. The highest BCUT2D eigenvalue weighted by atomic mass is 19.1. The molecule has 2 atom stereocenters. The van der Waals surface area contributed by atoms with Crippen LogP contribution in [0.4, 0.5) is 8.78 Å². The Morgan fingerprint density at radius 2 is 1.97 bits per heavy atom. The molecule has 2 aliphatic rings. The number of halogens is 2.